The van der Waals surface area contributed by atoms with Crippen LogP contribution in [0.2, 0.25) is 0 Å². The Morgan fingerprint density at radius 1 is 0.593 bits per heavy atom. The van der Waals surface area contributed by atoms with Gasteiger partial charge in [0.15, 0.2) is 23.0 Å². The van der Waals surface area contributed by atoms with Gasteiger partial charge in [0.05, 0.1) is 23.7 Å². The summed E-state index contributed by atoms with van der Waals surface area (Å²) < 4.78 is 0. The van der Waals surface area contributed by atoms with Crippen LogP contribution in [0, 0.1) is 0 Å². The van der Waals surface area contributed by atoms with Gasteiger partial charge in [-0.3, -0.25) is 24.0 Å². The number of phenols is 4. The first kappa shape index (κ1) is 42.1. The van der Waals surface area contributed by atoms with Gasteiger partial charge in [-0.25, -0.2) is 4.79 Å². The van der Waals surface area contributed by atoms with E-state index < -0.39 is 76.6 Å². The SMILES string of the molecule is N[C@@H](CCCCNC(=O)CNC(=O)c1cccc(O)c1O)C(=O)N[C@@H](CCCCNC(=O)c1cccc(O)c1O)C(=O)N[C@H](Cc1ccccc1)C(=O)O. The fourth-order valence-electron chi connectivity index (χ4n) is 5.24. The van der Waals surface area contributed by atoms with Crippen molar-refractivity contribution >= 4 is 35.5 Å². The van der Waals surface area contributed by atoms with E-state index in [1.165, 1.54) is 36.4 Å². The van der Waals surface area contributed by atoms with E-state index in [-0.39, 0.29) is 50.0 Å². The zero-order valence-electron chi connectivity index (χ0n) is 29.4. The molecule has 0 saturated heterocycles. The normalized spacial score (nSPS) is 12.4. The average molecular weight is 751 g/mol. The highest BCUT2D eigenvalue weighted by Gasteiger charge is 2.28. The first-order valence-electron chi connectivity index (χ1n) is 17.3. The van der Waals surface area contributed by atoms with E-state index in [1.54, 1.807) is 30.3 Å². The lowest BCUT2D eigenvalue weighted by atomic mass is 10.0. The van der Waals surface area contributed by atoms with Crippen molar-refractivity contribution in [2.24, 2.45) is 5.73 Å². The van der Waals surface area contributed by atoms with Crippen LogP contribution >= 0.6 is 0 Å². The van der Waals surface area contributed by atoms with Crippen molar-refractivity contribution in [3.05, 3.63) is 83.4 Å². The number of aliphatic carboxylic acids is 1. The highest BCUT2D eigenvalue weighted by Crippen LogP contribution is 2.28. The van der Waals surface area contributed by atoms with Crippen molar-refractivity contribution in [2.75, 3.05) is 19.6 Å². The monoisotopic (exact) mass is 750 g/mol. The smallest absolute Gasteiger partial charge is 0.326 e. The van der Waals surface area contributed by atoms with Crippen molar-refractivity contribution in [1.82, 2.24) is 26.6 Å². The third-order valence-electron chi connectivity index (χ3n) is 8.26. The first-order chi connectivity index (χ1) is 25.8. The minimum absolute atomic E-state index is 0.0000899. The van der Waals surface area contributed by atoms with Crippen LogP contribution in [0.4, 0.5) is 0 Å². The van der Waals surface area contributed by atoms with E-state index in [2.05, 4.69) is 26.6 Å². The van der Waals surface area contributed by atoms with Gasteiger partial charge in [-0.2, -0.15) is 0 Å². The van der Waals surface area contributed by atoms with Gasteiger partial charge in [-0.15, -0.1) is 0 Å². The summed E-state index contributed by atoms with van der Waals surface area (Å²) in [5, 5.41) is 61.4. The number of para-hydroxylation sites is 2. The molecule has 3 aromatic carbocycles. The van der Waals surface area contributed by atoms with Crippen LogP contribution in [0.15, 0.2) is 66.7 Å². The third kappa shape index (κ3) is 13.3. The Bertz CT molecular complexity index is 1770. The van der Waals surface area contributed by atoms with Crippen molar-refractivity contribution < 1.29 is 54.3 Å². The van der Waals surface area contributed by atoms with Crippen LogP contribution in [-0.2, 0) is 25.6 Å². The standard InChI is InChI=1S/C37H46N6O11/c38-25(14-4-6-18-39-30(46)21-41-34(50)24-13-9-17-29(45)32(24)48)35(51)42-26(36(52)43-27(37(53)54)20-22-10-2-1-3-11-22)15-5-7-19-40-33(49)23-12-8-16-28(44)31(23)47/h1-3,8-13,16-17,25-27,44-45,47-48H,4-7,14-15,18-21,38H2,(H,39,46)(H,40,49)(H,41,50)(H,42,51)(H,43,52)(H,53,54)/t25-,26-,27+/m0/s1. The Morgan fingerprint density at radius 2 is 1.13 bits per heavy atom. The second kappa shape index (κ2) is 21.2. The Hall–Kier alpha value is -6.36. The van der Waals surface area contributed by atoms with Crippen LogP contribution in [0.1, 0.15) is 64.8 Å². The summed E-state index contributed by atoms with van der Waals surface area (Å²) >= 11 is 0. The maximum absolute atomic E-state index is 13.4. The molecule has 0 heterocycles. The van der Waals surface area contributed by atoms with E-state index >= 15 is 0 Å². The largest absolute Gasteiger partial charge is 0.504 e. The Morgan fingerprint density at radius 3 is 1.72 bits per heavy atom. The molecule has 0 bridgehead atoms. The lowest BCUT2D eigenvalue weighted by Crippen LogP contribution is -2.54. The number of carbonyl (C=O) groups is 6. The highest BCUT2D eigenvalue weighted by molar-refractivity contribution is 5.99. The number of nitrogens with two attached hydrogens (primary N) is 1. The second-order valence-electron chi connectivity index (χ2n) is 12.4. The summed E-state index contributed by atoms with van der Waals surface area (Å²) in [5.41, 5.74) is 6.47. The number of unbranched alkanes of at least 4 members (excludes halogenated alkanes) is 2. The van der Waals surface area contributed by atoms with Gasteiger partial charge in [0.1, 0.15) is 12.1 Å². The fourth-order valence-corrected chi connectivity index (χ4v) is 5.24. The minimum atomic E-state index is -1.29. The molecule has 12 N–H and O–H groups in total. The predicted octanol–water partition coefficient (Wildman–Crippen LogP) is 0.750. The van der Waals surface area contributed by atoms with E-state index in [4.69, 9.17) is 5.73 Å². The summed E-state index contributed by atoms with van der Waals surface area (Å²) in [6, 6.07) is 13.0. The van der Waals surface area contributed by atoms with E-state index in [9.17, 15) is 54.3 Å². The molecule has 0 saturated carbocycles. The Labute approximate surface area is 311 Å². The lowest BCUT2D eigenvalue weighted by Gasteiger charge is -2.23. The summed E-state index contributed by atoms with van der Waals surface area (Å²) in [7, 11) is 0. The second-order valence-corrected chi connectivity index (χ2v) is 12.4. The van der Waals surface area contributed by atoms with Crippen molar-refractivity contribution in [2.45, 2.75) is 63.1 Å². The molecule has 54 heavy (non-hydrogen) atoms. The predicted molar refractivity (Wildman–Crippen MR) is 195 cm³/mol. The summed E-state index contributed by atoms with van der Waals surface area (Å²) in [4.78, 5) is 75.2. The molecule has 0 aliphatic heterocycles. The molecule has 0 aliphatic rings. The molecule has 3 atom stereocenters. The maximum Gasteiger partial charge on any atom is 0.326 e. The van der Waals surface area contributed by atoms with Crippen LogP contribution in [-0.4, -0.2) is 98.8 Å². The van der Waals surface area contributed by atoms with E-state index in [0.717, 1.165) is 0 Å². The number of carboxylic acid groups (broad SMARTS) is 1. The molecule has 0 spiro atoms. The number of hydrogen-bond donors (Lipinski definition) is 11. The van der Waals surface area contributed by atoms with Crippen LogP contribution in [0.25, 0.3) is 0 Å². The van der Waals surface area contributed by atoms with Gasteiger partial charge in [0, 0.05) is 19.5 Å². The number of amides is 5. The quantitative estimate of drug-likeness (QED) is 0.0531. The fraction of sp³-hybridized carbons (Fsp3) is 0.351. The highest BCUT2D eigenvalue weighted by atomic mass is 16.4. The molecule has 3 aromatic rings. The van der Waals surface area contributed by atoms with Gasteiger partial charge in [-0.1, -0.05) is 42.5 Å². The van der Waals surface area contributed by atoms with Gasteiger partial charge >= 0.3 is 5.97 Å². The zero-order chi connectivity index (χ0) is 39.6. The number of hydrogen-bond acceptors (Lipinski definition) is 11. The van der Waals surface area contributed by atoms with Gasteiger partial charge in [-0.05, 0) is 68.4 Å². The number of carbonyl (C=O) groups excluding carboxylic acids is 5. The maximum atomic E-state index is 13.4. The summed E-state index contributed by atoms with van der Waals surface area (Å²) in [6.45, 7) is -0.0580. The molecular formula is C37H46N6O11. The average Bonchev–Trinajstić information content (AvgIpc) is 3.15. The number of nitrogens with one attached hydrogen (secondary N) is 5. The number of rotatable bonds is 21. The van der Waals surface area contributed by atoms with Crippen molar-refractivity contribution in [3.8, 4) is 23.0 Å². The molecule has 0 radical (unpaired) electrons. The summed E-state index contributed by atoms with van der Waals surface area (Å²) in [5.74, 6) is -6.63. The molecule has 0 aromatic heterocycles. The molecule has 17 nitrogen and oxygen atoms in total. The van der Waals surface area contributed by atoms with Crippen LogP contribution in [0.5, 0.6) is 23.0 Å². The van der Waals surface area contributed by atoms with Crippen LogP contribution < -0.4 is 32.3 Å². The Balaban J connectivity index is 1.49. The number of phenolic OH excluding ortho intramolecular Hbond substituents is 4. The third-order valence-corrected chi connectivity index (χ3v) is 8.26. The lowest BCUT2D eigenvalue weighted by molar-refractivity contribution is -0.142. The van der Waals surface area contributed by atoms with Crippen molar-refractivity contribution in [3.63, 3.8) is 0 Å². The summed E-state index contributed by atoms with van der Waals surface area (Å²) in [6.07, 6.45) is 1.74. The first-order valence-corrected chi connectivity index (χ1v) is 17.3. The minimum Gasteiger partial charge on any atom is -0.504 e. The number of aromatic hydroxyl groups is 4. The van der Waals surface area contributed by atoms with Gasteiger partial charge in [0.2, 0.25) is 17.7 Å². The number of benzene rings is 3. The zero-order valence-corrected chi connectivity index (χ0v) is 29.4. The molecule has 0 fully saturated rings. The molecular weight excluding hydrogens is 704 g/mol. The Kier molecular flexibility index (Phi) is 16.5. The van der Waals surface area contributed by atoms with E-state index in [1.807, 2.05) is 0 Å². The molecule has 3 rings (SSSR count). The molecule has 290 valence electrons. The molecule has 17 heteroatoms. The molecule has 5 amide bonds. The van der Waals surface area contributed by atoms with Gasteiger partial charge < -0.3 is 57.9 Å². The molecule has 0 unspecified atom stereocenters. The van der Waals surface area contributed by atoms with Crippen molar-refractivity contribution in [1.29, 1.82) is 0 Å². The molecule has 0 aliphatic carbocycles. The number of carboxylic acids is 1. The van der Waals surface area contributed by atoms with Crippen LogP contribution in [0.3, 0.4) is 0 Å². The van der Waals surface area contributed by atoms with E-state index in [0.29, 0.717) is 31.2 Å². The van der Waals surface area contributed by atoms with Gasteiger partial charge in [0.25, 0.3) is 11.8 Å². The topological polar surface area (TPSA) is 290 Å².